The molecule has 1 heterocycles. The lowest BCUT2D eigenvalue weighted by molar-refractivity contribution is 0.0963. The molecular formula is C15H14Cl2F2N4O2. The Morgan fingerprint density at radius 3 is 2.52 bits per heavy atom. The number of anilines is 1. The Hall–Kier alpha value is -2.19. The molecule has 10 heteroatoms. The van der Waals surface area contributed by atoms with Gasteiger partial charge in [-0.25, -0.2) is 8.78 Å². The number of carbonyl (C=O) groups excluding carboxylic acids is 2. The van der Waals surface area contributed by atoms with Crippen LogP contribution in [0.1, 0.15) is 26.4 Å². The lowest BCUT2D eigenvalue weighted by Crippen LogP contribution is -2.24. The summed E-state index contributed by atoms with van der Waals surface area (Å²) in [5, 5.41) is 8.88. The van der Waals surface area contributed by atoms with Crippen LogP contribution >= 0.6 is 23.2 Å². The van der Waals surface area contributed by atoms with Crippen molar-refractivity contribution in [2.75, 3.05) is 12.4 Å². The summed E-state index contributed by atoms with van der Waals surface area (Å²) in [7, 11) is 1.43. The molecule has 25 heavy (non-hydrogen) atoms. The van der Waals surface area contributed by atoms with Gasteiger partial charge in [-0.3, -0.25) is 14.3 Å². The van der Waals surface area contributed by atoms with Crippen molar-refractivity contribution in [3.05, 3.63) is 45.2 Å². The number of hydrogen-bond acceptors (Lipinski definition) is 3. The Balaban J connectivity index is 2.40. The summed E-state index contributed by atoms with van der Waals surface area (Å²) in [6.45, 7) is 0.870. The van der Waals surface area contributed by atoms with Gasteiger partial charge in [0, 0.05) is 18.1 Å². The zero-order valence-electron chi connectivity index (χ0n) is 13.2. The standard InChI is InChI=1S/C15H14Cl2F2N4O2/c1-7-3-8(16)4-9(14(24)20-2)13(7)21-15(25)10-5-11(17)22-23(10)6-12(18)19/h3-5,12H,6H2,1-2H3,(H,20,24)(H,21,25). The summed E-state index contributed by atoms with van der Waals surface area (Å²) in [4.78, 5) is 24.5. The van der Waals surface area contributed by atoms with Crippen molar-refractivity contribution in [3.63, 3.8) is 0 Å². The van der Waals surface area contributed by atoms with Crippen LogP contribution in [0.25, 0.3) is 0 Å². The first-order valence-electron chi connectivity index (χ1n) is 7.08. The molecule has 2 aromatic rings. The van der Waals surface area contributed by atoms with Crippen molar-refractivity contribution in [2.24, 2.45) is 0 Å². The number of carbonyl (C=O) groups is 2. The molecule has 2 N–H and O–H groups in total. The highest BCUT2D eigenvalue weighted by molar-refractivity contribution is 6.31. The van der Waals surface area contributed by atoms with Crippen molar-refractivity contribution < 1.29 is 18.4 Å². The number of alkyl halides is 2. The molecule has 0 fully saturated rings. The van der Waals surface area contributed by atoms with Crippen LogP contribution in [0.15, 0.2) is 18.2 Å². The molecule has 0 saturated heterocycles. The van der Waals surface area contributed by atoms with E-state index in [-0.39, 0.29) is 22.1 Å². The second-order valence-corrected chi connectivity index (χ2v) is 5.93. The lowest BCUT2D eigenvalue weighted by atomic mass is 10.1. The van der Waals surface area contributed by atoms with Gasteiger partial charge in [0.05, 0.1) is 11.3 Å². The molecule has 0 bridgehead atoms. The maximum absolute atomic E-state index is 12.6. The smallest absolute Gasteiger partial charge is 0.274 e. The van der Waals surface area contributed by atoms with Gasteiger partial charge in [-0.2, -0.15) is 5.10 Å². The topological polar surface area (TPSA) is 76.0 Å². The van der Waals surface area contributed by atoms with Crippen LogP contribution in [-0.2, 0) is 6.54 Å². The molecule has 2 amide bonds. The van der Waals surface area contributed by atoms with E-state index in [1.165, 1.54) is 19.2 Å². The summed E-state index contributed by atoms with van der Waals surface area (Å²) in [5.41, 5.74) is 0.745. The molecule has 0 saturated carbocycles. The van der Waals surface area contributed by atoms with Crippen LogP contribution in [0.3, 0.4) is 0 Å². The molecule has 0 aliphatic heterocycles. The Labute approximate surface area is 152 Å². The van der Waals surface area contributed by atoms with Crippen LogP contribution in [0.2, 0.25) is 10.2 Å². The van der Waals surface area contributed by atoms with Gasteiger partial charge in [-0.15, -0.1) is 0 Å². The van der Waals surface area contributed by atoms with Crippen molar-refractivity contribution in [1.29, 1.82) is 0 Å². The fourth-order valence-electron chi connectivity index (χ4n) is 2.24. The predicted molar refractivity (Wildman–Crippen MR) is 90.8 cm³/mol. The highest BCUT2D eigenvalue weighted by Gasteiger charge is 2.21. The third-order valence-corrected chi connectivity index (χ3v) is 3.71. The highest BCUT2D eigenvalue weighted by atomic mass is 35.5. The van der Waals surface area contributed by atoms with E-state index in [2.05, 4.69) is 15.7 Å². The number of nitrogens with one attached hydrogen (secondary N) is 2. The summed E-state index contributed by atoms with van der Waals surface area (Å²) in [5.74, 6) is -1.18. The van der Waals surface area contributed by atoms with E-state index in [1.807, 2.05) is 0 Å². The minimum Gasteiger partial charge on any atom is -0.355 e. The second-order valence-electron chi connectivity index (χ2n) is 5.10. The van der Waals surface area contributed by atoms with E-state index in [9.17, 15) is 18.4 Å². The molecule has 0 spiro atoms. The number of rotatable bonds is 5. The van der Waals surface area contributed by atoms with Crippen LogP contribution in [-0.4, -0.2) is 35.1 Å². The van der Waals surface area contributed by atoms with Crippen molar-refractivity contribution in [2.45, 2.75) is 19.9 Å². The van der Waals surface area contributed by atoms with Crippen molar-refractivity contribution in [3.8, 4) is 0 Å². The minimum absolute atomic E-state index is 0.0925. The first-order valence-corrected chi connectivity index (χ1v) is 7.83. The largest absolute Gasteiger partial charge is 0.355 e. The fraction of sp³-hybridized carbons (Fsp3) is 0.267. The molecular weight excluding hydrogens is 377 g/mol. The quantitative estimate of drug-likeness (QED) is 0.821. The molecule has 0 aliphatic rings. The van der Waals surface area contributed by atoms with Gasteiger partial charge < -0.3 is 10.6 Å². The van der Waals surface area contributed by atoms with Gasteiger partial charge in [0.25, 0.3) is 18.2 Å². The van der Waals surface area contributed by atoms with Crippen LogP contribution < -0.4 is 10.6 Å². The van der Waals surface area contributed by atoms with Gasteiger partial charge in [-0.1, -0.05) is 23.2 Å². The average molecular weight is 391 g/mol. The molecule has 1 aromatic heterocycles. The number of hydrogen-bond donors (Lipinski definition) is 2. The fourth-order valence-corrected chi connectivity index (χ4v) is 2.71. The molecule has 6 nitrogen and oxygen atoms in total. The van der Waals surface area contributed by atoms with Crippen molar-refractivity contribution in [1.82, 2.24) is 15.1 Å². The lowest BCUT2D eigenvalue weighted by Gasteiger charge is -2.14. The van der Waals surface area contributed by atoms with E-state index in [0.717, 1.165) is 4.68 Å². The highest BCUT2D eigenvalue weighted by Crippen LogP contribution is 2.26. The van der Waals surface area contributed by atoms with E-state index >= 15 is 0 Å². The molecule has 0 aliphatic carbocycles. The Kier molecular flexibility index (Phi) is 5.97. The van der Waals surface area contributed by atoms with Crippen LogP contribution in [0.5, 0.6) is 0 Å². The Morgan fingerprint density at radius 1 is 1.24 bits per heavy atom. The maximum Gasteiger partial charge on any atom is 0.274 e. The Bertz CT molecular complexity index is 824. The van der Waals surface area contributed by atoms with Gasteiger partial charge in [0.1, 0.15) is 12.2 Å². The van der Waals surface area contributed by atoms with Gasteiger partial charge in [0.2, 0.25) is 0 Å². The van der Waals surface area contributed by atoms with Gasteiger partial charge >= 0.3 is 0 Å². The average Bonchev–Trinajstić information content (AvgIpc) is 2.88. The maximum atomic E-state index is 12.6. The first-order chi connectivity index (χ1) is 11.7. The summed E-state index contributed by atoms with van der Waals surface area (Å²) in [6, 6.07) is 4.13. The summed E-state index contributed by atoms with van der Waals surface area (Å²) in [6.07, 6.45) is -2.71. The Morgan fingerprint density at radius 2 is 1.92 bits per heavy atom. The van der Waals surface area contributed by atoms with E-state index in [1.54, 1.807) is 13.0 Å². The molecule has 1 aromatic carbocycles. The number of halogens is 4. The molecule has 134 valence electrons. The molecule has 2 rings (SSSR count). The van der Waals surface area contributed by atoms with E-state index in [0.29, 0.717) is 10.6 Å². The predicted octanol–water partition coefficient (Wildman–Crippen LogP) is 3.38. The van der Waals surface area contributed by atoms with Crippen molar-refractivity contribution >= 4 is 40.7 Å². The zero-order valence-corrected chi connectivity index (χ0v) is 14.8. The second kappa shape index (κ2) is 7.79. The zero-order chi connectivity index (χ0) is 18.7. The van der Waals surface area contributed by atoms with E-state index in [4.69, 9.17) is 23.2 Å². The third kappa shape index (κ3) is 4.46. The minimum atomic E-state index is -2.71. The van der Waals surface area contributed by atoms with Crippen LogP contribution in [0, 0.1) is 6.92 Å². The monoisotopic (exact) mass is 390 g/mol. The van der Waals surface area contributed by atoms with Crippen LogP contribution in [0.4, 0.5) is 14.5 Å². The molecule has 0 radical (unpaired) electrons. The number of aryl methyl sites for hydroxylation is 1. The molecule has 0 unspecified atom stereocenters. The number of nitrogens with zero attached hydrogens (tertiary/aromatic N) is 2. The number of amides is 2. The summed E-state index contributed by atoms with van der Waals surface area (Å²) >= 11 is 11.7. The SMILES string of the molecule is CNC(=O)c1cc(Cl)cc(C)c1NC(=O)c1cc(Cl)nn1CC(F)F. The first kappa shape index (κ1) is 19.1. The van der Waals surface area contributed by atoms with E-state index < -0.39 is 24.8 Å². The van der Waals surface area contributed by atoms with Gasteiger partial charge in [0.15, 0.2) is 5.15 Å². The summed E-state index contributed by atoms with van der Waals surface area (Å²) < 4.78 is 26.1. The molecule has 0 atom stereocenters. The van der Waals surface area contributed by atoms with Gasteiger partial charge in [-0.05, 0) is 24.6 Å². The number of benzene rings is 1. The number of aromatic nitrogens is 2. The normalized spacial score (nSPS) is 10.8. The third-order valence-electron chi connectivity index (χ3n) is 3.30.